The third-order valence-corrected chi connectivity index (χ3v) is 4.81. The van der Waals surface area contributed by atoms with Crippen LogP contribution in [0.1, 0.15) is 17.3 Å². The van der Waals surface area contributed by atoms with Crippen LogP contribution in [0.4, 0.5) is 0 Å². The molecule has 0 amide bonds. The molecule has 1 heterocycles. The predicted molar refractivity (Wildman–Crippen MR) is 61.2 cm³/mol. The summed E-state index contributed by atoms with van der Waals surface area (Å²) in [4.78, 5) is 12.3. The fraction of sp³-hybridized carbons (Fsp3) is 0.300. The molecule has 2 rings (SSSR count). The van der Waals surface area contributed by atoms with Gasteiger partial charge in [-0.1, -0.05) is 30.1 Å². The zero-order valence-electron chi connectivity index (χ0n) is 7.92. The fourth-order valence-corrected chi connectivity index (χ4v) is 3.84. The van der Waals surface area contributed by atoms with E-state index in [1.165, 1.54) is 0 Å². The molecule has 0 saturated heterocycles. The van der Waals surface area contributed by atoms with E-state index in [4.69, 9.17) is 23.2 Å². The first-order chi connectivity index (χ1) is 7.02. The van der Waals surface area contributed by atoms with E-state index < -0.39 is 10.8 Å². The molecular formula is C10H8Cl2O2S. The second-order valence-corrected chi connectivity index (χ2v) is 5.76. The normalized spacial score (nSPS) is 25.1. The van der Waals surface area contributed by atoms with Gasteiger partial charge in [-0.3, -0.25) is 9.00 Å². The van der Waals surface area contributed by atoms with E-state index in [-0.39, 0.29) is 11.7 Å². The van der Waals surface area contributed by atoms with E-state index in [1.807, 2.05) is 0 Å². The number of rotatable bonds is 0. The molecule has 0 radical (unpaired) electrons. The van der Waals surface area contributed by atoms with Gasteiger partial charge in [0.1, 0.15) is 0 Å². The molecule has 15 heavy (non-hydrogen) atoms. The Morgan fingerprint density at radius 2 is 1.93 bits per heavy atom. The molecule has 1 aromatic carbocycles. The fourth-order valence-electron chi connectivity index (χ4n) is 1.62. The van der Waals surface area contributed by atoms with Crippen molar-refractivity contribution in [1.82, 2.24) is 0 Å². The summed E-state index contributed by atoms with van der Waals surface area (Å²) in [6.07, 6.45) is 0. The Morgan fingerprint density at radius 3 is 2.60 bits per heavy atom. The summed E-state index contributed by atoms with van der Waals surface area (Å²) in [5.74, 6) is -0.00211. The van der Waals surface area contributed by atoms with Crippen molar-refractivity contribution in [3.63, 3.8) is 0 Å². The zero-order valence-corrected chi connectivity index (χ0v) is 10.2. The number of hydrogen-bond acceptors (Lipinski definition) is 2. The molecule has 0 saturated carbocycles. The topological polar surface area (TPSA) is 34.1 Å². The molecule has 0 aromatic heterocycles. The molecule has 1 aromatic rings. The Labute approximate surface area is 100 Å². The molecule has 2 nitrogen and oxygen atoms in total. The van der Waals surface area contributed by atoms with Crippen LogP contribution < -0.4 is 0 Å². The SMILES string of the molecule is CC1CS(=O)c2c(Cl)ccc(Cl)c2C1=O. The smallest absolute Gasteiger partial charge is 0.169 e. The van der Waals surface area contributed by atoms with Gasteiger partial charge >= 0.3 is 0 Å². The number of Topliss-reactive ketones (excluding diaryl/α,β-unsaturated/α-hetero) is 1. The lowest BCUT2D eigenvalue weighted by Gasteiger charge is -2.21. The minimum Gasteiger partial charge on any atom is -0.294 e. The highest BCUT2D eigenvalue weighted by Gasteiger charge is 2.32. The van der Waals surface area contributed by atoms with Crippen LogP contribution >= 0.6 is 23.2 Å². The maximum Gasteiger partial charge on any atom is 0.169 e. The molecule has 0 aliphatic carbocycles. The highest BCUT2D eigenvalue weighted by molar-refractivity contribution is 7.85. The number of benzene rings is 1. The van der Waals surface area contributed by atoms with E-state index in [0.717, 1.165) is 0 Å². The van der Waals surface area contributed by atoms with E-state index in [2.05, 4.69) is 0 Å². The van der Waals surface area contributed by atoms with Gasteiger partial charge in [-0.15, -0.1) is 0 Å². The van der Waals surface area contributed by atoms with Crippen LogP contribution in [0.25, 0.3) is 0 Å². The molecule has 80 valence electrons. The number of halogens is 2. The first-order valence-corrected chi connectivity index (χ1v) is 6.50. The lowest BCUT2D eigenvalue weighted by atomic mass is 10.0. The predicted octanol–water partition coefficient (Wildman–Crippen LogP) is 2.93. The van der Waals surface area contributed by atoms with Crippen LogP contribution in [0.2, 0.25) is 10.0 Å². The summed E-state index contributed by atoms with van der Waals surface area (Å²) in [5.41, 5.74) is 0.334. The third-order valence-electron chi connectivity index (χ3n) is 2.38. The first kappa shape index (κ1) is 11.1. The number of fused-ring (bicyclic) bond motifs is 1. The highest BCUT2D eigenvalue weighted by Crippen LogP contribution is 2.35. The second-order valence-electron chi connectivity index (χ2n) is 3.51. The molecular weight excluding hydrogens is 255 g/mol. The van der Waals surface area contributed by atoms with Gasteiger partial charge in [0, 0.05) is 11.7 Å². The largest absolute Gasteiger partial charge is 0.294 e. The molecule has 1 aliphatic rings. The van der Waals surface area contributed by atoms with Crippen molar-refractivity contribution in [2.24, 2.45) is 5.92 Å². The van der Waals surface area contributed by atoms with Crippen LogP contribution in [0, 0.1) is 5.92 Å². The third kappa shape index (κ3) is 1.73. The quantitative estimate of drug-likeness (QED) is 0.721. The van der Waals surface area contributed by atoms with E-state index in [9.17, 15) is 9.00 Å². The summed E-state index contributed by atoms with van der Waals surface area (Å²) in [6, 6.07) is 3.14. The minimum absolute atomic E-state index is 0.0721. The van der Waals surface area contributed by atoms with Crippen molar-refractivity contribution in [3.05, 3.63) is 27.7 Å². The monoisotopic (exact) mass is 262 g/mol. The van der Waals surface area contributed by atoms with Gasteiger partial charge in [-0.05, 0) is 12.1 Å². The zero-order chi connectivity index (χ0) is 11.2. The van der Waals surface area contributed by atoms with Gasteiger partial charge < -0.3 is 0 Å². The lowest BCUT2D eigenvalue weighted by Crippen LogP contribution is -2.26. The van der Waals surface area contributed by atoms with Crippen LogP contribution in [-0.2, 0) is 10.8 Å². The Morgan fingerprint density at radius 1 is 1.33 bits per heavy atom. The molecule has 0 bridgehead atoms. The van der Waals surface area contributed by atoms with Gasteiger partial charge in [0.2, 0.25) is 0 Å². The molecule has 0 N–H and O–H groups in total. The van der Waals surface area contributed by atoms with Crippen molar-refractivity contribution in [3.8, 4) is 0 Å². The average molecular weight is 263 g/mol. The van der Waals surface area contributed by atoms with Gasteiger partial charge in [-0.2, -0.15) is 0 Å². The van der Waals surface area contributed by atoms with Gasteiger partial charge in [-0.25, -0.2) is 0 Å². The van der Waals surface area contributed by atoms with E-state index in [0.29, 0.717) is 26.3 Å². The number of carbonyl (C=O) groups excluding carboxylic acids is 1. The average Bonchev–Trinajstić information content (AvgIpc) is 2.18. The summed E-state index contributed by atoms with van der Waals surface area (Å²) in [6.45, 7) is 1.75. The van der Waals surface area contributed by atoms with E-state index in [1.54, 1.807) is 19.1 Å². The summed E-state index contributed by atoms with van der Waals surface area (Å²) in [7, 11) is -1.23. The minimum atomic E-state index is -1.23. The maximum absolute atomic E-state index is 11.9. The maximum atomic E-state index is 11.9. The lowest BCUT2D eigenvalue weighted by molar-refractivity contribution is 0.0935. The van der Waals surface area contributed by atoms with Crippen molar-refractivity contribution >= 4 is 39.8 Å². The van der Waals surface area contributed by atoms with Gasteiger partial charge in [0.05, 0.1) is 31.3 Å². The highest BCUT2D eigenvalue weighted by atomic mass is 35.5. The Kier molecular flexibility index (Phi) is 2.88. The summed E-state index contributed by atoms with van der Waals surface area (Å²) in [5, 5.41) is 0.687. The Bertz CT molecular complexity index is 471. The van der Waals surface area contributed by atoms with Crippen LogP contribution in [0.3, 0.4) is 0 Å². The van der Waals surface area contributed by atoms with Crippen LogP contribution in [0.15, 0.2) is 17.0 Å². The Balaban J connectivity index is 2.75. The van der Waals surface area contributed by atoms with E-state index >= 15 is 0 Å². The van der Waals surface area contributed by atoms with Crippen molar-refractivity contribution in [2.75, 3.05) is 5.75 Å². The summed E-state index contributed by atoms with van der Waals surface area (Å²) < 4.78 is 11.8. The molecule has 0 fully saturated rings. The van der Waals surface area contributed by atoms with Crippen molar-refractivity contribution < 1.29 is 9.00 Å². The molecule has 2 atom stereocenters. The number of ketones is 1. The Hall–Kier alpha value is -0.380. The van der Waals surface area contributed by atoms with Crippen molar-refractivity contribution in [2.45, 2.75) is 11.8 Å². The standard InChI is InChI=1S/C10H8Cl2O2S/c1-5-4-15(14)10-7(12)3-2-6(11)8(10)9(5)13/h2-3,5H,4H2,1H3. The molecule has 5 heteroatoms. The van der Waals surface area contributed by atoms with Gasteiger partial charge in [0.25, 0.3) is 0 Å². The molecule has 0 spiro atoms. The van der Waals surface area contributed by atoms with Crippen LogP contribution in [0.5, 0.6) is 0 Å². The second kappa shape index (κ2) is 3.89. The van der Waals surface area contributed by atoms with Gasteiger partial charge in [0.15, 0.2) is 5.78 Å². The summed E-state index contributed by atoms with van der Waals surface area (Å²) >= 11 is 11.8. The molecule has 1 aliphatic heterocycles. The van der Waals surface area contributed by atoms with Crippen molar-refractivity contribution in [1.29, 1.82) is 0 Å². The first-order valence-electron chi connectivity index (χ1n) is 4.43. The number of hydrogen-bond donors (Lipinski definition) is 0. The number of carbonyl (C=O) groups is 1. The molecule has 2 unspecified atom stereocenters. The van der Waals surface area contributed by atoms with Crippen LogP contribution in [-0.4, -0.2) is 15.7 Å².